The van der Waals surface area contributed by atoms with Gasteiger partial charge in [-0.1, -0.05) is 140 Å². The highest BCUT2D eigenvalue weighted by Crippen LogP contribution is 2.42. The van der Waals surface area contributed by atoms with Crippen LogP contribution in [0.2, 0.25) is 0 Å². The van der Waals surface area contributed by atoms with Gasteiger partial charge in [-0.2, -0.15) is 0 Å². The summed E-state index contributed by atoms with van der Waals surface area (Å²) in [4.78, 5) is 15.6. The third kappa shape index (κ3) is 4.76. The van der Waals surface area contributed by atoms with E-state index in [4.69, 9.17) is 19.4 Å². The van der Waals surface area contributed by atoms with E-state index in [-0.39, 0.29) is 0 Å². The molecular weight excluding hydrogens is 661 g/mol. The Morgan fingerprint density at radius 2 is 1.07 bits per heavy atom. The van der Waals surface area contributed by atoms with E-state index in [1.165, 1.54) is 5.39 Å². The van der Waals surface area contributed by atoms with Gasteiger partial charge < -0.3 is 8.98 Å². The number of hydrogen-bond donors (Lipinski definition) is 0. The van der Waals surface area contributed by atoms with E-state index in [2.05, 4.69) is 144 Å². The van der Waals surface area contributed by atoms with Crippen LogP contribution in [0, 0.1) is 0 Å². The molecule has 0 amide bonds. The molecule has 0 radical (unpaired) electrons. The summed E-state index contributed by atoms with van der Waals surface area (Å²) in [5, 5.41) is 5.55. The highest BCUT2D eigenvalue weighted by Gasteiger charge is 2.21. The first-order valence-electron chi connectivity index (χ1n) is 18.1. The fraction of sp³-hybridized carbons (Fsp3) is 0. The summed E-state index contributed by atoms with van der Waals surface area (Å²) >= 11 is 0. The molecule has 0 bridgehead atoms. The molecular formula is C49H30N4O. The molecule has 0 aliphatic rings. The molecule has 4 heterocycles. The fourth-order valence-electron chi connectivity index (χ4n) is 7.97. The maximum absolute atomic E-state index is 6.26. The lowest BCUT2D eigenvalue weighted by Gasteiger charge is -2.13. The van der Waals surface area contributed by atoms with Crippen LogP contribution in [-0.4, -0.2) is 19.5 Å². The average Bonchev–Trinajstić information content (AvgIpc) is 3.81. The number of pyridine rings is 1. The molecule has 5 nitrogen and oxygen atoms in total. The molecule has 11 rings (SSSR count). The molecule has 54 heavy (non-hydrogen) atoms. The Hall–Kier alpha value is -7.37. The standard InChI is InChI=1S/C49H30N4O/c1-3-14-32(15-4-1)47-46-37-19-8-11-23-42(37)53(48(46)36-18-7-10-22-39(36)50-47)34-28-26-31(27-29-34)40-30-41(52-49(51-40)33-16-5-2-6-17-33)35-21-13-25-44-45(35)38-20-9-12-24-43(38)54-44/h1-30H. The van der Waals surface area contributed by atoms with Crippen molar-refractivity contribution >= 4 is 54.6 Å². The minimum Gasteiger partial charge on any atom is -0.456 e. The first-order chi connectivity index (χ1) is 26.8. The largest absolute Gasteiger partial charge is 0.456 e. The Kier molecular flexibility index (Phi) is 6.79. The Balaban J connectivity index is 1.12. The Morgan fingerprint density at radius 1 is 0.426 bits per heavy atom. The summed E-state index contributed by atoms with van der Waals surface area (Å²) in [6, 6.07) is 63.0. The second-order valence-corrected chi connectivity index (χ2v) is 13.6. The molecule has 0 atom stereocenters. The van der Waals surface area contributed by atoms with E-state index < -0.39 is 0 Å². The van der Waals surface area contributed by atoms with Crippen LogP contribution in [-0.2, 0) is 0 Å². The lowest BCUT2D eigenvalue weighted by atomic mass is 10.0. The third-order valence-corrected chi connectivity index (χ3v) is 10.4. The van der Waals surface area contributed by atoms with Crippen LogP contribution < -0.4 is 0 Å². The lowest BCUT2D eigenvalue weighted by molar-refractivity contribution is 0.669. The Labute approximate surface area is 310 Å². The molecule has 0 fully saturated rings. The molecule has 0 aliphatic heterocycles. The number of fused-ring (bicyclic) bond motifs is 8. The molecule has 11 aromatic rings. The monoisotopic (exact) mass is 690 g/mol. The summed E-state index contributed by atoms with van der Waals surface area (Å²) in [6.45, 7) is 0. The minimum atomic E-state index is 0.673. The molecule has 0 unspecified atom stereocenters. The highest BCUT2D eigenvalue weighted by atomic mass is 16.3. The van der Waals surface area contributed by atoms with Crippen molar-refractivity contribution in [3.63, 3.8) is 0 Å². The molecule has 0 saturated carbocycles. The zero-order valence-corrected chi connectivity index (χ0v) is 29.0. The van der Waals surface area contributed by atoms with Crippen molar-refractivity contribution in [3.8, 4) is 50.8 Å². The highest BCUT2D eigenvalue weighted by molar-refractivity contribution is 6.22. The van der Waals surface area contributed by atoms with Gasteiger partial charge in [0.1, 0.15) is 11.2 Å². The molecule has 0 spiro atoms. The first-order valence-corrected chi connectivity index (χ1v) is 18.1. The minimum absolute atomic E-state index is 0.673. The van der Waals surface area contributed by atoms with Crippen molar-refractivity contribution in [1.29, 1.82) is 0 Å². The summed E-state index contributed by atoms with van der Waals surface area (Å²) in [5.41, 5.74) is 12.7. The Bertz CT molecular complexity index is 3200. The summed E-state index contributed by atoms with van der Waals surface area (Å²) in [7, 11) is 0. The Morgan fingerprint density at radius 3 is 1.89 bits per heavy atom. The number of benzene rings is 7. The molecule has 0 saturated heterocycles. The van der Waals surface area contributed by atoms with Gasteiger partial charge in [-0.25, -0.2) is 15.0 Å². The molecule has 5 heteroatoms. The number of hydrogen-bond acceptors (Lipinski definition) is 4. The second kappa shape index (κ2) is 12.1. The van der Waals surface area contributed by atoms with Crippen LogP contribution in [0.3, 0.4) is 0 Å². The van der Waals surface area contributed by atoms with Gasteiger partial charge in [0, 0.05) is 54.9 Å². The molecule has 4 aromatic heterocycles. The van der Waals surface area contributed by atoms with Crippen LogP contribution in [0.1, 0.15) is 0 Å². The van der Waals surface area contributed by atoms with E-state index in [1.54, 1.807) is 0 Å². The lowest BCUT2D eigenvalue weighted by Crippen LogP contribution is -1.98. The van der Waals surface area contributed by atoms with Crippen molar-refractivity contribution in [2.45, 2.75) is 0 Å². The van der Waals surface area contributed by atoms with E-state index in [0.29, 0.717) is 5.82 Å². The van der Waals surface area contributed by atoms with Crippen molar-refractivity contribution in [2.75, 3.05) is 0 Å². The maximum Gasteiger partial charge on any atom is 0.160 e. The molecule has 0 aliphatic carbocycles. The molecule has 0 N–H and O–H groups in total. The van der Waals surface area contributed by atoms with Gasteiger partial charge in [0.15, 0.2) is 5.82 Å². The number of nitrogens with zero attached hydrogens (tertiary/aromatic N) is 4. The fourth-order valence-corrected chi connectivity index (χ4v) is 7.97. The van der Waals surface area contributed by atoms with Gasteiger partial charge in [0.2, 0.25) is 0 Å². The van der Waals surface area contributed by atoms with E-state index >= 15 is 0 Å². The first kappa shape index (κ1) is 30.3. The van der Waals surface area contributed by atoms with Gasteiger partial charge in [-0.3, -0.25) is 0 Å². The van der Waals surface area contributed by atoms with Crippen molar-refractivity contribution in [1.82, 2.24) is 19.5 Å². The maximum atomic E-state index is 6.26. The molecule has 7 aromatic carbocycles. The van der Waals surface area contributed by atoms with Crippen LogP contribution in [0.4, 0.5) is 0 Å². The number of furan rings is 1. The summed E-state index contributed by atoms with van der Waals surface area (Å²) < 4.78 is 8.65. The zero-order chi connectivity index (χ0) is 35.6. The predicted molar refractivity (Wildman–Crippen MR) is 221 cm³/mol. The van der Waals surface area contributed by atoms with E-state index in [1.807, 2.05) is 42.5 Å². The smallest absolute Gasteiger partial charge is 0.160 e. The van der Waals surface area contributed by atoms with Crippen LogP contribution in [0.15, 0.2) is 186 Å². The van der Waals surface area contributed by atoms with E-state index in [0.717, 1.165) is 94.3 Å². The topological polar surface area (TPSA) is 56.7 Å². The third-order valence-electron chi connectivity index (χ3n) is 10.4. The van der Waals surface area contributed by atoms with Crippen molar-refractivity contribution in [3.05, 3.63) is 182 Å². The van der Waals surface area contributed by atoms with Gasteiger partial charge >= 0.3 is 0 Å². The SMILES string of the molecule is c1ccc(-c2nc(-c3ccc(-n4c5ccccc5c5c(-c6ccccc6)nc6ccccc6c54)cc3)cc(-c3cccc4oc5ccccc5c34)n2)cc1. The van der Waals surface area contributed by atoms with Crippen molar-refractivity contribution in [2.24, 2.45) is 0 Å². The average molecular weight is 691 g/mol. The van der Waals surface area contributed by atoms with E-state index in [9.17, 15) is 0 Å². The van der Waals surface area contributed by atoms with Crippen molar-refractivity contribution < 1.29 is 4.42 Å². The van der Waals surface area contributed by atoms with Crippen LogP contribution >= 0.6 is 0 Å². The molecule has 252 valence electrons. The van der Waals surface area contributed by atoms with Gasteiger partial charge in [-0.05, 0) is 42.5 Å². The second-order valence-electron chi connectivity index (χ2n) is 13.6. The van der Waals surface area contributed by atoms with Gasteiger partial charge in [-0.15, -0.1) is 0 Å². The van der Waals surface area contributed by atoms with Crippen LogP contribution in [0.25, 0.3) is 105 Å². The van der Waals surface area contributed by atoms with Gasteiger partial charge in [0.05, 0.1) is 33.6 Å². The quantitative estimate of drug-likeness (QED) is 0.180. The predicted octanol–water partition coefficient (Wildman–Crippen LogP) is 12.7. The van der Waals surface area contributed by atoms with Gasteiger partial charge in [0.25, 0.3) is 0 Å². The normalized spacial score (nSPS) is 11.7. The number of rotatable bonds is 5. The zero-order valence-electron chi connectivity index (χ0n) is 29.0. The summed E-state index contributed by atoms with van der Waals surface area (Å²) in [5.74, 6) is 0.673. The summed E-state index contributed by atoms with van der Waals surface area (Å²) in [6.07, 6.45) is 0. The number of aromatic nitrogens is 4. The van der Waals surface area contributed by atoms with Crippen LogP contribution in [0.5, 0.6) is 0 Å². The number of para-hydroxylation sites is 3.